The van der Waals surface area contributed by atoms with Crippen LogP contribution < -0.4 is 0 Å². The Morgan fingerprint density at radius 2 is 1.82 bits per heavy atom. The molecule has 0 fully saturated rings. The zero-order valence-electron chi connectivity index (χ0n) is 9.40. The van der Waals surface area contributed by atoms with Crippen molar-refractivity contribution in [1.29, 1.82) is 0 Å². The lowest BCUT2D eigenvalue weighted by atomic mass is 10.1. The molecule has 17 heavy (non-hydrogen) atoms. The summed E-state index contributed by atoms with van der Waals surface area (Å²) in [5, 5.41) is 10.6. The maximum atomic E-state index is 11.3. The van der Waals surface area contributed by atoms with E-state index in [1.807, 2.05) is 0 Å². The first-order valence-corrected chi connectivity index (χ1v) is 5.23. The molecular formula is C13H10O4. The van der Waals surface area contributed by atoms with E-state index in [9.17, 15) is 9.90 Å². The van der Waals surface area contributed by atoms with Crippen LogP contribution in [-0.4, -0.2) is 11.1 Å². The first-order valence-electron chi connectivity index (χ1n) is 5.23. The van der Waals surface area contributed by atoms with Gasteiger partial charge in [0.2, 0.25) is 0 Å². The van der Waals surface area contributed by atoms with Crippen molar-refractivity contribution < 1.29 is 18.7 Å². The van der Waals surface area contributed by atoms with Crippen LogP contribution in [0.4, 0.5) is 0 Å². The summed E-state index contributed by atoms with van der Waals surface area (Å²) in [5.41, 5.74) is 1.15. The molecule has 0 amide bonds. The van der Waals surface area contributed by atoms with Crippen LogP contribution in [0.25, 0.3) is 21.9 Å². The van der Waals surface area contributed by atoms with Gasteiger partial charge in [-0.25, -0.2) is 4.79 Å². The topological polar surface area (TPSA) is 63.6 Å². The van der Waals surface area contributed by atoms with Gasteiger partial charge in [0.15, 0.2) is 0 Å². The molecule has 0 spiro atoms. The second kappa shape index (κ2) is 3.13. The highest BCUT2D eigenvalue weighted by Crippen LogP contribution is 2.32. The summed E-state index contributed by atoms with van der Waals surface area (Å²) in [6, 6.07) is 5.33. The predicted octanol–water partition coefficient (Wildman–Crippen LogP) is 3.49. The van der Waals surface area contributed by atoms with Crippen molar-refractivity contribution in [1.82, 2.24) is 0 Å². The first kappa shape index (κ1) is 9.96. The predicted molar refractivity (Wildman–Crippen MR) is 62.4 cm³/mol. The zero-order chi connectivity index (χ0) is 12.2. The molecule has 0 saturated carbocycles. The van der Waals surface area contributed by atoms with Crippen LogP contribution in [-0.2, 0) is 0 Å². The number of carboxylic acids is 1. The van der Waals surface area contributed by atoms with Crippen LogP contribution in [0, 0.1) is 13.8 Å². The van der Waals surface area contributed by atoms with Gasteiger partial charge in [0.1, 0.15) is 28.2 Å². The molecule has 86 valence electrons. The first-order chi connectivity index (χ1) is 8.06. The number of furan rings is 2. The number of benzene rings is 1. The van der Waals surface area contributed by atoms with Crippen molar-refractivity contribution >= 4 is 27.9 Å². The standard InChI is InChI=1S/C13H10O4/c1-6-3-8-5-10-9(4-7(2)16-10)11(13(14)15)12(8)17-6/h3-5H,1-2H3,(H,14,15). The fraction of sp³-hybridized carbons (Fsp3) is 0.154. The minimum atomic E-state index is -1.00. The Labute approximate surface area is 96.4 Å². The Bertz CT molecular complexity index is 691. The molecule has 0 radical (unpaired) electrons. The van der Waals surface area contributed by atoms with Gasteiger partial charge < -0.3 is 13.9 Å². The second-order valence-corrected chi connectivity index (χ2v) is 4.10. The molecule has 1 aromatic carbocycles. The summed E-state index contributed by atoms with van der Waals surface area (Å²) in [5.74, 6) is 0.370. The Balaban J connectivity index is 2.58. The molecule has 0 aliphatic heterocycles. The smallest absolute Gasteiger partial charge is 0.340 e. The molecule has 0 atom stereocenters. The summed E-state index contributed by atoms with van der Waals surface area (Å²) in [4.78, 5) is 11.3. The van der Waals surface area contributed by atoms with Crippen molar-refractivity contribution in [3.05, 3.63) is 35.3 Å². The lowest BCUT2D eigenvalue weighted by molar-refractivity contribution is 0.0700. The van der Waals surface area contributed by atoms with E-state index < -0.39 is 5.97 Å². The molecule has 4 heteroatoms. The van der Waals surface area contributed by atoms with Crippen LogP contribution in [0.1, 0.15) is 21.9 Å². The molecule has 0 bridgehead atoms. The number of hydrogen-bond donors (Lipinski definition) is 1. The molecule has 1 N–H and O–H groups in total. The Hall–Kier alpha value is -2.23. The number of aromatic carboxylic acids is 1. The Kier molecular flexibility index (Phi) is 1.84. The van der Waals surface area contributed by atoms with E-state index in [1.165, 1.54) is 0 Å². The van der Waals surface area contributed by atoms with E-state index in [0.29, 0.717) is 28.1 Å². The van der Waals surface area contributed by atoms with E-state index in [-0.39, 0.29) is 5.56 Å². The average molecular weight is 230 g/mol. The minimum absolute atomic E-state index is 0.169. The van der Waals surface area contributed by atoms with Gasteiger partial charge >= 0.3 is 5.97 Å². The highest BCUT2D eigenvalue weighted by molar-refractivity contribution is 6.13. The van der Waals surface area contributed by atoms with Gasteiger partial charge in [-0.15, -0.1) is 0 Å². The number of hydrogen-bond acceptors (Lipinski definition) is 3. The van der Waals surface area contributed by atoms with E-state index in [0.717, 1.165) is 5.39 Å². The molecule has 0 aliphatic rings. The van der Waals surface area contributed by atoms with Crippen molar-refractivity contribution in [3.63, 3.8) is 0 Å². The fourth-order valence-corrected chi connectivity index (χ4v) is 2.15. The highest BCUT2D eigenvalue weighted by Gasteiger charge is 2.19. The summed E-state index contributed by atoms with van der Waals surface area (Å²) in [7, 11) is 0. The third-order valence-electron chi connectivity index (χ3n) is 2.76. The number of aryl methyl sites for hydroxylation is 2. The maximum absolute atomic E-state index is 11.3. The van der Waals surface area contributed by atoms with Crippen LogP contribution in [0.3, 0.4) is 0 Å². The SMILES string of the molecule is Cc1cc2c(C(=O)O)c3oc(C)cc3cc2o1. The van der Waals surface area contributed by atoms with Crippen molar-refractivity contribution in [2.45, 2.75) is 13.8 Å². The van der Waals surface area contributed by atoms with E-state index in [1.54, 1.807) is 32.0 Å². The van der Waals surface area contributed by atoms with E-state index in [4.69, 9.17) is 8.83 Å². The van der Waals surface area contributed by atoms with Crippen LogP contribution in [0.2, 0.25) is 0 Å². The molecule has 4 nitrogen and oxygen atoms in total. The van der Waals surface area contributed by atoms with Crippen molar-refractivity contribution in [3.8, 4) is 0 Å². The normalized spacial score (nSPS) is 11.4. The molecule has 0 unspecified atom stereocenters. The number of fused-ring (bicyclic) bond motifs is 2. The van der Waals surface area contributed by atoms with E-state index in [2.05, 4.69) is 0 Å². The lowest BCUT2D eigenvalue weighted by Crippen LogP contribution is -1.97. The second-order valence-electron chi connectivity index (χ2n) is 4.10. The summed E-state index contributed by atoms with van der Waals surface area (Å²) in [6.45, 7) is 3.58. The van der Waals surface area contributed by atoms with Crippen LogP contribution in [0.15, 0.2) is 27.0 Å². The zero-order valence-corrected chi connectivity index (χ0v) is 9.40. The molecule has 0 saturated heterocycles. The van der Waals surface area contributed by atoms with Gasteiger partial charge in [0.05, 0.1) is 0 Å². The van der Waals surface area contributed by atoms with E-state index >= 15 is 0 Å². The third-order valence-corrected chi connectivity index (χ3v) is 2.76. The van der Waals surface area contributed by atoms with Gasteiger partial charge in [-0.2, -0.15) is 0 Å². The van der Waals surface area contributed by atoms with Crippen LogP contribution in [0.5, 0.6) is 0 Å². The molecule has 3 aromatic rings. The minimum Gasteiger partial charge on any atom is -0.478 e. The highest BCUT2D eigenvalue weighted by atomic mass is 16.4. The Morgan fingerprint density at radius 3 is 2.53 bits per heavy atom. The molecule has 2 heterocycles. The van der Waals surface area contributed by atoms with Crippen molar-refractivity contribution in [2.24, 2.45) is 0 Å². The van der Waals surface area contributed by atoms with Crippen molar-refractivity contribution in [2.75, 3.05) is 0 Å². The maximum Gasteiger partial charge on any atom is 0.340 e. The molecule has 3 rings (SSSR count). The van der Waals surface area contributed by atoms with Gasteiger partial charge in [-0.3, -0.25) is 0 Å². The van der Waals surface area contributed by atoms with Gasteiger partial charge in [0, 0.05) is 10.8 Å². The number of carbonyl (C=O) groups is 1. The molecular weight excluding hydrogens is 220 g/mol. The number of carboxylic acid groups (broad SMARTS) is 1. The van der Waals surface area contributed by atoms with Gasteiger partial charge in [0.25, 0.3) is 0 Å². The Morgan fingerprint density at radius 1 is 1.12 bits per heavy atom. The fourth-order valence-electron chi connectivity index (χ4n) is 2.15. The largest absolute Gasteiger partial charge is 0.478 e. The lowest BCUT2D eigenvalue weighted by Gasteiger charge is -1.97. The van der Waals surface area contributed by atoms with Crippen LogP contribution >= 0.6 is 0 Å². The van der Waals surface area contributed by atoms with Gasteiger partial charge in [-0.05, 0) is 32.0 Å². The summed E-state index contributed by atoms with van der Waals surface area (Å²) < 4.78 is 10.9. The molecule has 0 aliphatic carbocycles. The monoisotopic (exact) mass is 230 g/mol. The summed E-state index contributed by atoms with van der Waals surface area (Å²) in [6.07, 6.45) is 0. The third kappa shape index (κ3) is 1.34. The average Bonchev–Trinajstić information content (AvgIpc) is 2.73. The van der Waals surface area contributed by atoms with Gasteiger partial charge in [-0.1, -0.05) is 0 Å². The summed E-state index contributed by atoms with van der Waals surface area (Å²) >= 11 is 0. The number of rotatable bonds is 1. The quantitative estimate of drug-likeness (QED) is 0.694. The molecule has 2 aromatic heterocycles.